The van der Waals surface area contributed by atoms with Crippen molar-refractivity contribution in [3.63, 3.8) is 0 Å². The van der Waals surface area contributed by atoms with Gasteiger partial charge in [0.05, 0.1) is 7.11 Å². The number of para-hydroxylation sites is 1. The highest BCUT2D eigenvalue weighted by Crippen LogP contribution is 2.25. The van der Waals surface area contributed by atoms with Crippen molar-refractivity contribution in [1.82, 2.24) is 4.98 Å². The lowest BCUT2D eigenvalue weighted by molar-refractivity contribution is 0.104. The van der Waals surface area contributed by atoms with Crippen LogP contribution in [0.1, 0.15) is 15.9 Å². The van der Waals surface area contributed by atoms with Crippen LogP contribution in [0.15, 0.2) is 54.2 Å². The molecule has 0 spiro atoms. The van der Waals surface area contributed by atoms with Crippen LogP contribution in [0.3, 0.4) is 0 Å². The molecule has 4 nitrogen and oxygen atoms in total. The molecule has 1 aromatic heterocycles. The van der Waals surface area contributed by atoms with E-state index in [1.54, 1.807) is 24.3 Å². The summed E-state index contributed by atoms with van der Waals surface area (Å²) in [5.41, 5.74) is 1.45. The van der Waals surface area contributed by atoms with Crippen molar-refractivity contribution in [1.29, 1.82) is 5.26 Å². The van der Waals surface area contributed by atoms with Crippen molar-refractivity contribution in [3.8, 4) is 11.8 Å². The lowest BCUT2D eigenvalue weighted by atomic mass is 10.0. The fourth-order valence-corrected chi connectivity index (χ4v) is 2.52. The molecule has 0 aliphatic rings. The molecule has 0 atom stereocenters. The Labute approximate surface area is 137 Å². The monoisotopic (exact) mass is 320 g/mol. The summed E-state index contributed by atoms with van der Waals surface area (Å²) in [7, 11) is 1.52. The molecule has 3 aromatic rings. The van der Waals surface area contributed by atoms with Crippen molar-refractivity contribution >= 4 is 22.8 Å². The number of halogens is 1. The van der Waals surface area contributed by atoms with Crippen LogP contribution >= 0.6 is 0 Å². The van der Waals surface area contributed by atoms with Gasteiger partial charge in [-0.05, 0) is 30.3 Å². The van der Waals surface area contributed by atoms with Gasteiger partial charge in [0.15, 0.2) is 0 Å². The fraction of sp³-hybridized carbons (Fsp3) is 0.0526. The van der Waals surface area contributed by atoms with Gasteiger partial charge in [-0.2, -0.15) is 5.26 Å². The number of carbonyl (C=O) groups is 1. The van der Waals surface area contributed by atoms with E-state index in [-0.39, 0.29) is 5.57 Å². The lowest BCUT2D eigenvalue weighted by Crippen LogP contribution is -2.01. The molecule has 0 unspecified atom stereocenters. The molecule has 118 valence electrons. The molecule has 3 rings (SSSR count). The highest BCUT2D eigenvalue weighted by atomic mass is 19.1. The van der Waals surface area contributed by atoms with Gasteiger partial charge in [0.1, 0.15) is 23.2 Å². The molecule has 0 saturated heterocycles. The largest absolute Gasteiger partial charge is 0.496 e. The highest BCUT2D eigenvalue weighted by Gasteiger charge is 2.17. The number of aromatic nitrogens is 1. The van der Waals surface area contributed by atoms with Crippen LogP contribution in [0.4, 0.5) is 4.39 Å². The first-order chi connectivity index (χ1) is 11.6. The maximum atomic E-state index is 13.3. The number of hydrogen-bond donors (Lipinski definition) is 1. The topological polar surface area (TPSA) is 65.9 Å². The molecular weight excluding hydrogens is 307 g/mol. The Bertz CT molecular complexity index is 996. The standard InChI is InChI=1S/C19H13FN2O2/c1-24-18-5-3-2-4-12(18)8-13(10-21)19(23)16-11-22-17-9-14(20)6-7-15(16)17/h2-9,11,22H,1H3. The van der Waals surface area contributed by atoms with Gasteiger partial charge in [0.25, 0.3) is 0 Å². The van der Waals surface area contributed by atoms with Crippen LogP contribution in [-0.2, 0) is 0 Å². The number of Topliss-reactive ketones (excluding diaryl/α,β-unsaturated/α-hetero) is 1. The Morgan fingerprint density at radius 2 is 2.08 bits per heavy atom. The normalized spacial score (nSPS) is 11.3. The van der Waals surface area contributed by atoms with Gasteiger partial charge in [-0.25, -0.2) is 4.39 Å². The molecular formula is C19H13FN2O2. The number of ketones is 1. The van der Waals surface area contributed by atoms with Gasteiger partial charge in [-0.15, -0.1) is 0 Å². The second-order valence-electron chi connectivity index (χ2n) is 5.13. The van der Waals surface area contributed by atoms with E-state index in [2.05, 4.69) is 4.98 Å². The summed E-state index contributed by atoms with van der Waals surface area (Å²) in [6, 6.07) is 13.1. The van der Waals surface area contributed by atoms with Crippen molar-refractivity contribution in [2.75, 3.05) is 7.11 Å². The second kappa shape index (κ2) is 6.39. The van der Waals surface area contributed by atoms with Crippen LogP contribution in [0.25, 0.3) is 17.0 Å². The first kappa shape index (κ1) is 15.5. The number of nitrogens with one attached hydrogen (secondary N) is 1. The van der Waals surface area contributed by atoms with E-state index in [0.717, 1.165) is 0 Å². The molecule has 1 N–H and O–H groups in total. The van der Waals surface area contributed by atoms with E-state index in [9.17, 15) is 14.4 Å². The minimum Gasteiger partial charge on any atom is -0.496 e. The predicted molar refractivity (Wildman–Crippen MR) is 89.2 cm³/mol. The first-order valence-electron chi connectivity index (χ1n) is 7.20. The zero-order valence-corrected chi connectivity index (χ0v) is 12.8. The number of methoxy groups -OCH3 is 1. The Morgan fingerprint density at radius 1 is 1.29 bits per heavy atom. The van der Waals surface area contributed by atoms with E-state index in [0.29, 0.717) is 27.8 Å². The van der Waals surface area contributed by atoms with Gasteiger partial charge < -0.3 is 9.72 Å². The zero-order valence-electron chi connectivity index (χ0n) is 12.8. The van der Waals surface area contributed by atoms with Gasteiger partial charge in [0.2, 0.25) is 5.78 Å². The van der Waals surface area contributed by atoms with Gasteiger partial charge in [-0.1, -0.05) is 18.2 Å². The number of nitriles is 1. The summed E-state index contributed by atoms with van der Waals surface area (Å²) in [6.45, 7) is 0. The van der Waals surface area contributed by atoms with Crippen LogP contribution < -0.4 is 4.74 Å². The SMILES string of the molecule is COc1ccccc1C=C(C#N)C(=O)c1c[nH]c2cc(F)ccc12. The number of carbonyl (C=O) groups excluding carboxylic acids is 1. The average molecular weight is 320 g/mol. The van der Waals surface area contributed by atoms with Crippen LogP contribution in [0.5, 0.6) is 5.75 Å². The molecule has 0 bridgehead atoms. The number of allylic oxidation sites excluding steroid dienone is 1. The molecule has 0 aliphatic heterocycles. The highest BCUT2D eigenvalue weighted by molar-refractivity contribution is 6.19. The molecule has 0 fully saturated rings. The number of ether oxygens (including phenoxy) is 1. The fourth-order valence-electron chi connectivity index (χ4n) is 2.52. The van der Waals surface area contributed by atoms with Crippen molar-refractivity contribution in [2.45, 2.75) is 0 Å². The number of fused-ring (bicyclic) bond motifs is 1. The van der Waals surface area contributed by atoms with Crippen molar-refractivity contribution in [3.05, 3.63) is 71.2 Å². The number of nitrogens with zero attached hydrogens (tertiary/aromatic N) is 1. The quantitative estimate of drug-likeness (QED) is 0.447. The maximum Gasteiger partial charge on any atom is 0.205 e. The van der Waals surface area contributed by atoms with Crippen molar-refractivity contribution in [2.24, 2.45) is 0 Å². The number of benzene rings is 2. The molecule has 0 aliphatic carbocycles. The van der Waals surface area contributed by atoms with E-state index in [1.165, 1.54) is 37.6 Å². The van der Waals surface area contributed by atoms with Crippen LogP contribution in [0.2, 0.25) is 0 Å². The number of rotatable bonds is 4. The second-order valence-corrected chi connectivity index (χ2v) is 5.13. The number of aromatic amines is 1. The van der Waals surface area contributed by atoms with E-state index >= 15 is 0 Å². The van der Waals surface area contributed by atoms with Crippen LogP contribution in [0, 0.1) is 17.1 Å². The summed E-state index contributed by atoms with van der Waals surface area (Å²) in [5, 5.41) is 9.96. The maximum absolute atomic E-state index is 13.3. The smallest absolute Gasteiger partial charge is 0.205 e. The summed E-state index contributed by atoms with van der Waals surface area (Å²) < 4.78 is 18.5. The molecule has 0 amide bonds. The summed E-state index contributed by atoms with van der Waals surface area (Å²) in [5.74, 6) is -0.256. The first-order valence-corrected chi connectivity index (χ1v) is 7.20. The third-order valence-electron chi connectivity index (χ3n) is 3.69. The molecule has 5 heteroatoms. The minimum absolute atomic E-state index is 0.0234. The Balaban J connectivity index is 2.06. The third-order valence-corrected chi connectivity index (χ3v) is 3.69. The summed E-state index contributed by atoms with van der Waals surface area (Å²) in [4.78, 5) is 15.5. The zero-order chi connectivity index (χ0) is 17.1. The summed E-state index contributed by atoms with van der Waals surface area (Å²) >= 11 is 0. The Morgan fingerprint density at radius 3 is 2.83 bits per heavy atom. The Hall–Kier alpha value is -3.39. The van der Waals surface area contributed by atoms with Gasteiger partial charge in [0, 0.05) is 28.2 Å². The van der Waals surface area contributed by atoms with Crippen LogP contribution in [-0.4, -0.2) is 17.9 Å². The van der Waals surface area contributed by atoms with Gasteiger partial charge >= 0.3 is 0 Å². The molecule has 24 heavy (non-hydrogen) atoms. The average Bonchev–Trinajstić information content (AvgIpc) is 3.02. The van der Waals surface area contributed by atoms with E-state index in [1.807, 2.05) is 6.07 Å². The minimum atomic E-state index is -0.429. The molecule has 2 aromatic carbocycles. The van der Waals surface area contributed by atoms with E-state index < -0.39 is 11.6 Å². The molecule has 0 radical (unpaired) electrons. The van der Waals surface area contributed by atoms with Crippen molar-refractivity contribution < 1.29 is 13.9 Å². The van der Waals surface area contributed by atoms with Gasteiger partial charge in [-0.3, -0.25) is 4.79 Å². The Kier molecular flexibility index (Phi) is 4.13. The number of hydrogen-bond acceptors (Lipinski definition) is 3. The number of H-pyrrole nitrogens is 1. The lowest BCUT2D eigenvalue weighted by Gasteiger charge is -2.04. The molecule has 1 heterocycles. The molecule has 0 saturated carbocycles. The summed E-state index contributed by atoms with van der Waals surface area (Å²) in [6.07, 6.45) is 2.98. The third kappa shape index (κ3) is 2.77. The predicted octanol–water partition coefficient (Wildman–Crippen LogP) is 4.11. The van der Waals surface area contributed by atoms with E-state index in [4.69, 9.17) is 4.74 Å².